The Bertz CT molecular complexity index is 1340. The first-order chi connectivity index (χ1) is 24.6. The fourth-order valence-corrected chi connectivity index (χ4v) is 12.6. The van der Waals surface area contributed by atoms with Crippen molar-refractivity contribution in [3.8, 4) is 0 Å². The third kappa shape index (κ3) is 5.74. The summed E-state index contributed by atoms with van der Waals surface area (Å²) in [5, 5.41) is 74.9. The van der Waals surface area contributed by atoms with Gasteiger partial charge in [-0.3, -0.25) is 0 Å². The monoisotopic (exact) mass is 738 g/mol. The summed E-state index contributed by atoms with van der Waals surface area (Å²) in [6.45, 7) is 11.0. The Labute approximate surface area is 306 Å². The molecule has 8 rings (SSSR count). The predicted molar refractivity (Wildman–Crippen MR) is 183 cm³/mol. The van der Waals surface area contributed by atoms with Gasteiger partial charge in [-0.15, -0.1) is 0 Å². The number of hydrogen-bond acceptors (Lipinski definition) is 13. The molecule has 0 unspecified atom stereocenters. The molecule has 7 fully saturated rings. The summed E-state index contributed by atoms with van der Waals surface area (Å²) in [4.78, 5) is 0. The number of allylic oxidation sites excluding steroid dienone is 1. The number of ether oxygens (including phenoxy) is 6. The van der Waals surface area contributed by atoms with Crippen molar-refractivity contribution < 1.29 is 64.2 Å². The summed E-state index contributed by atoms with van der Waals surface area (Å²) >= 11 is 0. The van der Waals surface area contributed by atoms with Crippen molar-refractivity contribution in [2.45, 2.75) is 171 Å². The largest absolute Gasteiger partial charge is 0.394 e. The molecule has 0 aromatic carbocycles. The SMILES string of the molecule is C[C@H]1CC[C@@]2(OC1)O[C@H]1C[C@H]3[C@@H]4CC=C5C[C@@H](O)C[C@@H](O[C@@H]6O[C@H](CO)[C@H](O)[C@H](O)[C@H]6O[C@@H]6O[C@@H](C)[C@H](O)[C@@H](O)[C@H]6O)[C@]5(C)[C@H]4CC[C@]3(C)[C@H]1[C@@H]2C. The molecule has 0 amide bonds. The number of fused-ring (bicyclic) bond motifs is 7. The third-order valence-corrected chi connectivity index (χ3v) is 15.6. The van der Waals surface area contributed by atoms with Gasteiger partial charge in [0, 0.05) is 24.2 Å². The second kappa shape index (κ2) is 13.7. The van der Waals surface area contributed by atoms with Crippen LogP contribution in [0.5, 0.6) is 0 Å². The van der Waals surface area contributed by atoms with E-state index in [9.17, 15) is 35.7 Å². The molecule has 7 N–H and O–H groups in total. The second-order valence-corrected chi connectivity index (χ2v) is 18.3. The summed E-state index contributed by atoms with van der Waals surface area (Å²) in [7, 11) is 0. The van der Waals surface area contributed by atoms with Crippen molar-refractivity contribution in [1.82, 2.24) is 0 Å². The highest BCUT2D eigenvalue weighted by Crippen LogP contribution is 2.71. The molecule has 0 aromatic rings. The summed E-state index contributed by atoms with van der Waals surface area (Å²) in [5.74, 6) is 1.86. The van der Waals surface area contributed by atoms with E-state index in [1.807, 2.05) is 0 Å². The molecule has 0 bridgehead atoms. The van der Waals surface area contributed by atoms with Crippen LogP contribution < -0.4 is 0 Å². The van der Waals surface area contributed by atoms with Crippen molar-refractivity contribution in [2.24, 2.45) is 46.3 Å². The van der Waals surface area contributed by atoms with E-state index >= 15 is 0 Å². The molecule has 296 valence electrons. The first-order valence-electron chi connectivity index (χ1n) is 19.9. The number of aliphatic hydroxyl groups is 7. The van der Waals surface area contributed by atoms with Gasteiger partial charge in [0.1, 0.15) is 42.7 Å². The van der Waals surface area contributed by atoms with Crippen LogP contribution in [0.2, 0.25) is 0 Å². The van der Waals surface area contributed by atoms with Crippen molar-refractivity contribution in [3.63, 3.8) is 0 Å². The van der Waals surface area contributed by atoms with Gasteiger partial charge in [0.15, 0.2) is 18.4 Å². The first-order valence-corrected chi connectivity index (χ1v) is 19.9. The zero-order chi connectivity index (χ0) is 37.1. The molecule has 0 aromatic heterocycles. The van der Waals surface area contributed by atoms with Gasteiger partial charge in [-0.25, -0.2) is 0 Å². The molecular weight excluding hydrogens is 676 g/mol. The third-order valence-electron chi connectivity index (χ3n) is 15.6. The first kappa shape index (κ1) is 38.1. The Kier molecular flexibility index (Phi) is 10.0. The molecule has 13 heteroatoms. The van der Waals surface area contributed by atoms with E-state index < -0.39 is 91.4 Å². The smallest absolute Gasteiger partial charge is 0.187 e. The Morgan fingerprint density at radius 2 is 1.60 bits per heavy atom. The highest BCUT2D eigenvalue weighted by molar-refractivity contribution is 5.29. The Morgan fingerprint density at radius 1 is 0.827 bits per heavy atom. The normalized spacial score (nSPS) is 58.9. The molecule has 8 aliphatic rings. The summed E-state index contributed by atoms with van der Waals surface area (Å²) in [6.07, 6.45) is -5.95. The highest BCUT2D eigenvalue weighted by Gasteiger charge is 2.69. The highest BCUT2D eigenvalue weighted by atomic mass is 16.8. The number of aliphatic hydroxyl groups excluding tert-OH is 7. The quantitative estimate of drug-likeness (QED) is 0.200. The maximum absolute atomic E-state index is 11.3. The standard InChI is InChI=1S/C39H62O13/c1-17-8-11-39(47-16-17)18(2)28-25(52-39)14-24-22-7-6-20-12-21(41)13-27(38(20,5)23(22)9-10-37(24,28)4)50-36-34(32(45)30(43)26(15-40)49-36)51-35-33(46)31(44)29(42)19(3)48-35/h6,17-19,21-36,40-46H,7-16H2,1-5H3/t17-,18-,19-,21+,22+,23-,24-,25-,26+,27+,28-,29-,30-,31+,32-,33+,34+,35-,36-,37-,38-,39+/m0/s1. The van der Waals surface area contributed by atoms with E-state index in [1.54, 1.807) is 0 Å². The van der Waals surface area contributed by atoms with E-state index in [2.05, 4.69) is 33.8 Å². The summed E-state index contributed by atoms with van der Waals surface area (Å²) in [6, 6.07) is 0. The van der Waals surface area contributed by atoms with Crippen LogP contribution in [-0.2, 0) is 28.4 Å². The molecule has 22 atom stereocenters. The topological polar surface area (TPSA) is 197 Å². The lowest BCUT2D eigenvalue weighted by Crippen LogP contribution is -2.65. The van der Waals surface area contributed by atoms with Crippen molar-refractivity contribution >= 4 is 0 Å². The zero-order valence-electron chi connectivity index (χ0n) is 31.2. The maximum atomic E-state index is 11.3. The van der Waals surface area contributed by atoms with Crippen molar-refractivity contribution in [1.29, 1.82) is 0 Å². The fourth-order valence-electron chi connectivity index (χ4n) is 12.6. The predicted octanol–water partition coefficient (Wildman–Crippen LogP) is 1.36. The average Bonchev–Trinajstić information content (AvgIpc) is 3.56. The van der Waals surface area contributed by atoms with Crippen molar-refractivity contribution in [2.75, 3.05) is 13.2 Å². The minimum absolute atomic E-state index is 0.101. The fraction of sp³-hybridized carbons (Fsp3) is 0.949. The van der Waals surface area contributed by atoms with Gasteiger partial charge in [0.05, 0.1) is 37.6 Å². The number of hydrogen-bond donors (Lipinski definition) is 7. The van der Waals surface area contributed by atoms with Crippen molar-refractivity contribution in [3.05, 3.63) is 11.6 Å². The average molecular weight is 739 g/mol. The molecule has 3 saturated carbocycles. The molecule has 52 heavy (non-hydrogen) atoms. The van der Waals surface area contributed by atoms with Crippen LogP contribution in [0.3, 0.4) is 0 Å². The molecule has 13 nitrogen and oxygen atoms in total. The van der Waals surface area contributed by atoms with Gasteiger partial charge in [-0.2, -0.15) is 0 Å². The van der Waals surface area contributed by atoms with Crippen LogP contribution in [-0.4, -0.2) is 134 Å². The van der Waals surface area contributed by atoms with E-state index in [0.717, 1.165) is 50.7 Å². The Morgan fingerprint density at radius 3 is 2.31 bits per heavy atom. The van der Waals surface area contributed by atoms with E-state index in [0.29, 0.717) is 42.4 Å². The van der Waals surface area contributed by atoms with Gasteiger partial charge in [0.25, 0.3) is 0 Å². The van der Waals surface area contributed by atoms with Gasteiger partial charge in [-0.05, 0) is 80.5 Å². The van der Waals surface area contributed by atoms with E-state index in [1.165, 1.54) is 6.92 Å². The molecular formula is C39H62O13. The second-order valence-electron chi connectivity index (χ2n) is 18.3. The van der Waals surface area contributed by atoms with Crippen LogP contribution in [0, 0.1) is 46.3 Å². The van der Waals surface area contributed by atoms with Gasteiger partial charge >= 0.3 is 0 Å². The minimum Gasteiger partial charge on any atom is -0.394 e. The lowest BCUT2D eigenvalue weighted by Gasteiger charge is -2.60. The van der Waals surface area contributed by atoms with Gasteiger partial charge in [-0.1, -0.05) is 39.3 Å². The summed E-state index contributed by atoms with van der Waals surface area (Å²) in [5.41, 5.74) is 0.762. The lowest BCUT2D eigenvalue weighted by atomic mass is 9.46. The molecule has 4 saturated heterocycles. The maximum Gasteiger partial charge on any atom is 0.187 e. The molecule has 4 aliphatic heterocycles. The lowest BCUT2D eigenvalue weighted by molar-refractivity contribution is -0.374. The van der Waals surface area contributed by atoms with Crippen LogP contribution in [0.1, 0.15) is 86.0 Å². The zero-order valence-corrected chi connectivity index (χ0v) is 31.2. The van der Waals surface area contributed by atoms with E-state index in [-0.39, 0.29) is 17.4 Å². The minimum atomic E-state index is -1.66. The van der Waals surface area contributed by atoms with Gasteiger partial charge in [0.2, 0.25) is 0 Å². The van der Waals surface area contributed by atoms with Crippen LogP contribution in [0.25, 0.3) is 0 Å². The summed E-state index contributed by atoms with van der Waals surface area (Å²) < 4.78 is 38.2. The molecule has 4 aliphatic carbocycles. The van der Waals surface area contributed by atoms with Crippen LogP contribution in [0.15, 0.2) is 11.6 Å². The Balaban J connectivity index is 1.06. The molecule has 4 heterocycles. The van der Waals surface area contributed by atoms with Gasteiger partial charge < -0.3 is 64.2 Å². The van der Waals surface area contributed by atoms with E-state index in [4.69, 9.17) is 28.4 Å². The number of rotatable bonds is 5. The molecule has 1 spiro atoms. The van der Waals surface area contributed by atoms with Crippen LogP contribution >= 0.6 is 0 Å². The van der Waals surface area contributed by atoms with Crippen LogP contribution in [0.4, 0.5) is 0 Å². The Hall–Kier alpha value is -0.780. The molecule has 0 radical (unpaired) electrons.